The van der Waals surface area contributed by atoms with Crippen LogP contribution in [0.3, 0.4) is 0 Å². The fourth-order valence-electron chi connectivity index (χ4n) is 2.97. The predicted molar refractivity (Wildman–Crippen MR) is 109 cm³/mol. The van der Waals surface area contributed by atoms with E-state index in [9.17, 15) is 18.9 Å². The van der Waals surface area contributed by atoms with Gasteiger partial charge in [0.15, 0.2) is 0 Å². The summed E-state index contributed by atoms with van der Waals surface area (Å²) in [5, 5.41) is 12.1. The number of rotatable bonds is 11. The third kappa shape index (κ3) is 7.32. The molecule has 0 bridgehead atoms. The summed E-state index contributed by atoms with van der Waals surface area (Å²) in [7, 11) is -3.18. The number of hydrogen-bond acceptors (Lipinski definition) is 7. The van der Waals surface area contributed by atoms with Crippen LogP contribution in [0, 0.1) is 0 Å². The van der Waals surface area contributed by atoms with Gasteiger partial charge in [0, 0.05) is 7.11 Å². The lowest BCUT2D eigenvalue weighted by Gasteiger charge is -2.29. The van der Waals surface area contributed by atoms with E-state index in [2.05, 4.69) is 9.82 Å². The average molecular weight is 447 g/mol. The van der Waals surface area contributed by atoms with Gasteiger partial charge in [0.25, 0.3) is 5.85 Å². The van der Waals surface area contributed by atoms with Gasteiger partial charge in [-0.15, -0.1) is 0 Å². The van der Waals surface area contributed by atoms with Crippen molar-refractivity contribution in [2.75, 3.05) is 13.7 Å². The molecule has 4 atom stereocenters. The van der Waals surface area contributed by atoms with E-state index in [4.69, 9.17) is 13.8 Å². The molecule has 0 aliphatic heterocycles. The molecule has 0 radical (unpaired) electrons. The lowest BCUT2D eigenvalue weighted by Crippen LogP contribution is -2.43. The molecule has 0 amide bonds. The number of para-hydroxylation sites is 1. The lowest BCUT2D eigenvalue weighted by atomic mass is 9.98. The van der Waals surface area contributed by atoms with Crippen molar-refractivity contribution in [2.45, 2.75) is 70.1 Å². The number of ether oxygens (including phenoxy) is 2. The molecule has 1 fully saturated rings. The molecule has 0 aromatic heterocycles. The molecule has 1 saturated carbocycles. The molecule has 1 aromatic carbocycles. The van der Waals surface area contributed by atoms with E-state index >= 15 is 0 Å². The first-order valence-electron chi connectivity index (χ1n) is 10.1. The number of halogens is 1. The van der Waals surface area contributed by atoms with Crippen molar-refractivity contribution in [1.29, 1.82) is 0 Å². The van der Waals surface area contributed by atoms with Gasteiger partial charge in [0.05, 0.1) is 0 Å². The lowest BCUT2D eigenvalue weighted by molar-refractivity contribution is -0.202. The average Bonchev–Trinajstić information content (AvgIpc) is 2.73. The van der Waals surface area contributed by atoms with Crippen LogP contribution in [-0.4, -0.2) is 48.9 Å². The molecule has 10 heteroatoms. The summed E-state index contributed by atoms with van der Waals surface area (Å²) in [6, 6.07) is 7.09. The minimum absolute atomic E-state index is 0.173. The van der Waals surface area contributed by atoms with Gasteiger partial charge in [0.2, 0.25) is 0 Å². The number of hydrogen-bond donors (Lipinski definition) is 2. The minimum Gasteiger partial charge on any atom is -0.461 e. The fourth-order valence-corrected chi connectivity index (χ4v) is 4.48. The van der Waals surface area contributed by atoms with Gasteiger partial charge in [-0.3, -0.25) is 9.32 Å². The van der Waals surface area contributed by atoms with E-state index < -0.39 is 38.3 Å². The van der Waals surface area contributed by atoms with Crippen LogP contribution >= 0.6 is 7.75 Å². The predicted octanol–water partition coefficient (Wildman–Crippen LogP) is 3.74. The van der Waals surface area contributed by atoms with Crippen LogP contribution in [0.1, 0.15) is 46.0 Å². The molecular formula is C20H31FNO7P. The molecule has 0 saturated heterocycles. The number of alkyl halides is 1. The molecule has 1 aromatic rings. The summed E-state index contributed by atoms with van der Waals surface area (Å²) in [6.07, 6.45) is 2.96. The summed E-state index contributed by atoms with van der Waals surface area (Å²) >= 11 is 0. The van der Waals surface area contributed by atoms with Gasteiger partial charge in [-0.1, -0.05) is 24.6 Å². The summed E-state index contributed by atoms with van der Waals surface area (Å²) in [5.41, 5.74) is 0. The second-order valence-electron chi connectivity index (χ2n) is 7.39. The Morgan fingerprint density at radius 2 is 1.90 bits per heavy atom. The first-order chi connectivity index (χ1) is 14.2. The smallest absolute Gasteiger partial charge is 0.459 e. The summed E-state index contributed by atoms with van der Waals surface area (Å²) in [5.74, 6) is -3.01. The van der Waals surface area contributed by atoms with Gasteiger partial charge in [-0.25, -0.2) is 8.96 Å². The van der Waals surface area contributed by atoms with Gasteiger partial charge >= 0.3 is 13.7 Å². The van der Waals surface area contributed by atoms with Crippen LogP contribution in [0.5, 0.6) is 5.75 Å². The van der Waals surface area contributed by atoms with Crippen molar-refractivity contribution >= 4 is 13.7 Å². The monoisotopic (exact) mass is 447 g/mol. The van der Waals surface area contributed by atoms with Crippen LogP contribution in [-0.2, 0) is 23.4 Å². The van der Waals surface area contributed by atoms with Crippen LogP contribution in [0.15, 0.2) is 30.3 Å². The topological polar surface area (TPSA) is 103 Å². The number of aliphatic hydroxyl groups excluding tert-OH is 1. The largest absolute Gasteiger partial charge is 0.461 e. The maximum atomic E-state index is 14.6. The zero-order valence-electron chi connectivity index (χ0n) is 17.6. The summed E-state index contributed by atoms with van der Waals surface area (Å²) < 4.78 is 48.7. The molecule has 8 nitrogen and oxygen atoms in total. The maximum Gasteiger partial charge on any atom is 0.459 e. The second kappa shape index (κ2) is 11.2. The number of nitrogens with one attached hydrogen (secondary N) is 1. The highest BCUT2D eigenvalue weighted by atomic mass is 31.2. The van der Waals surface area contributed by atoms with Crippen LogP contribution in [0.4, 0.5) is 4.39 Å². The number of benzene rings is 1. The van der Waals surface area contributed by atoms with Crippen molar-refractivity contribution in [3.8, 4) is 5.75 Å². The van der Waals surface area contributed by atoms with E-state index in [0.717, 1.165) is 39.2 Å². The Kier molecular flexibility index (Phi) is 9.25. The first-order valence-corrected chi connectivity index (χ1v) is 11.6. The number of carbonyl (C=O) groups is 1. The maximum absolute atomic E-state index is 14.6. The standard InChI is InChI=1S/C20H31FNO7P/c1-15(19(24)28-17-10-6-4-7-11-17)22-30(25,29-18-12-8-5-9-13-18)27-14-20(21,26-3)16(2)23/h5,8-9,12-13,15-17,23H,4,6-7,10-11,14H2,1-3H3,(H,22,25)/t15?,16-,20?,30?/m0/s1. The van der Waals surface area contributed by atoms with Crippen LogP contribution < -0.4 is 9.61 Å². The highest BCUT2D eigenvalue weighted by molar-refractivity contribution is 7.52. The summed E-state index contributed by atoms with van der Waals surface area (Å²) in [6.45, 7) is 1.75. The van der Waals surface area contributed by atoms with Crippen LogP contribution in [0.25, 0.3) is 0 Å². The Hall–Kier alpha value is -1.51. The zero-order chi connectivity index (χ0) is 22.2. The Bertz CT molecular complexity index is 714. The fraction of sp³-hybridized carbons (Fsp3) is 0.650. The van der Waals surface area contributed by atoms with Gasteiger partial charge in [0.1, 0.15) is 30.6 Å². The number of esters is 1. The first kappa shape index (κ1) is 24.8. The third-order valence-corrected chi connectivity index (χ3v) is 6.53. The van der Waals surface area contributed by atoms with Crippen molar-refractivity contribution < 1.29 is 37.4 Å². The molecule has 1 aliphatic carbocycles. The van der Waals surface area contributed by atoms with E-state index in [-0.39, 0.29) is 11.9 Å². The zero-order valence-corrected chi connectivity index (χ0v) is 18.5. The molecule has 0 heterocycles. The van der Waals surface area contributed by atoms with Crippen molar-refractivity contribution in [3.63, 3.8) is 0 Å². The number of carbonyl (C=O) groups excluding carboxylic acids is 1. The van der Waals surface area contributed by atoms with E-state index in [1.807, 2.05) is 0 Å². The van der Waals surface area contributed by atoms with Gasteiger partial charge in [-0.05, 0) is 51.7 Å². The second-order valence-corrected chi connectivity index (χ2v) is 9.08. The molecule has 1 aliphatic rings. The Labute approximate surface area is 176 Å². The SMILES string of the molecule is COC(F)(COP(=O)(NC(C)C(=O)OC1CCCCC1)Oc1ccccc1)[C@H](C)O. The number of methoxy groups -OCH3 is 1. The Morgan fingerprint density at radius 1 is 1.27 bits per heavy atom. The molecule has 2 N–H and O–H groups in total. The van der Waals surface area contributed by atoms with Crippen molar-refractivity contribution in [3.05, 3.63) is 30.3 Å². The van der Waals surface area contributed by atoms with Crippen molar-refractivity contribution in [2.24, 2.45) is 0 Å². The third-order valence-electron chi connectivity index (χ3n) is 4.90. The molecule has 170 valence electrons. The number of aliphatic hydroxyl groups is 1. The summed E-state index contributed by atoms with van der Waals surface area (Å²) in [4.78, 5) is 12.5. The van der Waals surface area contributed by atoms with Crippen LogP contribution in [0.2, 0.25) is 0 Å². The Balaban J connectivity index is 2.09. The minimum atomic E-state index is -4.24. The highest BCUT2D eigenvalue weighted by Gasteiger charge is 2.41. The molecule has 30 heavy (non-hydrogen) atoms. The van der Waals surface area contributed by atoms with Gasteiger partial charge in [-0.2, -0.15) is 5.09 Å². The molecular weight excluding hydrogens is 416 g/mol. The quantitative estimate of drug-likeness (QED) is 0.391. The molecule has 3 unspecified atom stereocenters. The van der Waals surface area contributed by atoms with Gasteiger partial charge < -0.3 is 19.1 Å². The highest BCUT2D eigenvalue weighted by Crippen LogP contribution is 2.46. The van der Waals surface area contributed by atoms with E-state index in [0.29, 0.717) is 0 Å². The Morgan fingerprint density at radius 3 is 2.47 bits per heavy atom. The molecule has 2 rings (SSSR count). The van der Waals surface area contributed by atoms with Crippen molar-refractivity contribution in [1.82, 2.24) is 5.09 Å². The molecule has 0 spiro atoms. The van der Waals surface area contributed by atoms with E-state index in [1.165, 1.54) is 26.0 Å². The van der Waals surface area contributed by atoms with E-state index in [1.54, 1.807) is 18.2 Å². The normalized spacial score (nSPS) is 21.1.